The number of halogens is 2. The van der Waals surface area contributed by atoms with Gasteiger partial charge in [0.05, 0.1) is 10.6 Å². The van der Waals surface area contributed by atoms with E-state index in [2.05, 4.69) is 5.32 Å². The molecule has 0 bridgehead atoms. The molecule has 0 saturated heterocycles. The van der Waals surface area contributed by atoms with Gasteiger partial charge in [-0.2, -0.15) is 0 Å². The Bertz CT molecular complexity index is 1020. The van der Waals surface area contributed by atoms with Gasteiger partial charge in [0.25, 0.3) is 10.0 Å². The Labute approximate surface area is 158 Å². The zero-order valence-corrected chi connectivity index (χ0v) is 15.6. The van der Waals surface area contributed by atoms with Crippen LogP contribution in [0, 0.1) is 5.82 Å². The maximum absolute atomic E-state index is 14.3. The van der Waals surface area contributed by atoms with E-state index in [4.69, 9.17) is 5.73 Å². The first-order chi connectivity index (χ1) is 11.9. The fourth-order valence-electron chi connectivity index (χ4n) is 2.65. The predicted molar refractivity (Wildman–Crippen MR) is 103 cm³/mol. The van der Waals surface area contributed by atoms with Gasteiger partial charge in [-0.05, 0) is 49.0 Å². The summed E-state index contributed by atoms with van der Waals surface area (Å²) in [5.41, 5.74) is 7.28. The largest absolute Gasteiger partial charge is 0.399 e. The lowest BCUT2D eigenvalue weighted by Gasteiger charge is -2.11. The minimum atomic E-state index is -3.91. The second-order valence-electron chi connectivity index (χ2n) is 5.62. The van der Waals surface area contributed by atoms with E-state index in [0.717, 1.165) is 9.54 Å². The van der Waals surface area contributed by atoms with E-state index in [9.17, 15) is 12.8 Å². The van der Waals surface area contributed by atoms with Crippen molar-refractivity contribution in [3.63, 3.8) is 0 Å². The third-order valence-electron chi connectivity index (χ3n) is 3.79. The van der Waals surface area contributed by atoms with Crippen molar-refractivity contribution in [3.8, 4) is 11.3 Å². The highest BCUT2D eigenvalue weighted by Crippen LogP contribution is 2.29. The highest BCUT2D eigenvalue weighted by atomic mass is 35.5. The van der Waals surface area contributed by atoms with Crippen LogP contribution < -0.4 is 11.1 Å². The van der Waals surface area contributed by atoms with Crippen molar-refractivity contribution in [3.05, 3.63) is 72.2 Å². The summed E-state index contributed by atoms with van der Waals surface area (Å²) >= 11 is 0. The number of rotatable bonds is 5. The van der Waals surface area contributed by atoms with Gasteiger partial charge < -0.3 is 11.1 Å². The van der Waals surface area contributed by atoms with E-state index in [1.807, 2.05) is 0 Å². The van der Waals surface area contributed by atoms with Gasteiger partial charge in [-0.1, -0.05) is 18.2 Å². The molecule has 2 aromatic carbocycles. The summed E-state index contributed by atoms with van der Waals surface area (Å²) < 4.78 is 41.5. The first-order valence-electron chi connectivity index (χ1n) is 7.65. The molecular formula is C18H19ClFN3O2S. The van der Waals surface area contributed by atoms with Crippen molar-refractivity contribution in [2.75, 3.05) is 12.8 Å². The van der Waals surface area contributed by atoms with Crippen LogP contribution in [0.2, 0.25) is 0 Å². The van der Waals surface area contributed by atoms with Crippen molar-refractivity contribution in [1.82, 2.24) is 9.29 Å². The van der Waals surface area contributed by atoms with Crippen LogP contribution >= 0.6 is 12.4 Å². The molecule has 0 unspecified atom stereocenters. The Hall–Kier alpha value is -2.35. The number of hydrogen-bond acceptors (Lipinski definition) is 4. The van der Waals surface area contributed by atoms with Crippen molar-refractivity contribution in [2.24, 2.45) is 0 Å². The number of hydrogen-bond donors (Lipinski definition) is 2. The van der Waals surface area contributed by atoms with Gasteiger partial charge >= 0.3 is 0 Å². The SMILES string of the molecule is CNCc1cc(-c2ccccc2F)n(S(=O)(=O)c2cccc(N)c2)c1.Cl. The molecule has 3 aromatic rings. The van der Waals surface area contributed by atoms with Crippen LogP contribution in [0.4, 0.5) is 10.1 Å². The normalized spacial score (nSPS) is 11.2. The number of anilines is 1. The third-order valence-corrected chi connectivity index (χ3v) is 5.46. The maximum atomic E-state index is 14.3. The second-order valence-corrected chi connectivity index (χ2v) is 7.43. The molecule has 138 valence electrons. The van der Waals surface area contributed by atoms with E-state index in [-0.39, 0.29) is 28.6 Å². The molecule has 0 aliphatic rings. The van der Waals surface area contributed by atoms with Crippen LogP contribution in [-0.2, 0) is 16.6 Å². The Morgan fingerprint density at radius 2 is 1.85 bits per heavy atom. The number of aromatic nitrogens is 1. The van der Waals surface area contributed by atoms with E-state index < -0.39 is 15.8 Å². The van der Waals surface area contributed by atoms with Crippen LogP contribution in [0.25, 0.3) is 11.3 Å². The molecule has 0 aliphatic heterocycles. The zero-order chi connectivity index (χ0) is 18.0. The summed E-state index contributed by atoms with van der Waals surface area (Å²) in [7, 11) is -2.16. The van der Waals surface area contributed by atoms with Crippen LogP contribution in [0.5, 0.6) is 0 Å². The quantitative estimate of drug-likeness (QED) is 0.650. The molecule has 3 rings (SSSR count). The average molecular weight is 396 g/mol. The van der Waals surface area contributed by atoms with Crippen molar-refractivity contribution >= 4 is 28.1 Å². The van der Waals surface area contributed by atoms with Crippen LogP contribution in [0.15, 0.2) is 65.7 Å². The fourth-order valence-corrected chi connectivity index (χ4v) is 4.10. The molecule has 1 aromatic heterocycles. The number of nitrogens with one attached hydrogen (secondary N) is 1. The van der Waals surface area contributed by atoms with Gasteiger partial charge in [-0.3, -0.25) is 0 Å². The Morgan fingerprint density at radius 1 is 1.12 bits per heavy atom. The summed E-state index contributed by atoms with van der Waals surface area (Å²) in [6, 6.07) is 13.8. The minimum Gasteiger partial charge on any atom is -0.399 e. The monoisotopic (exact) mass is 395 g/mol. The molecule has 0 amide bonds. The van der Waals surface area contributed by atoms with E-state index in [1.165, 1.54) is 24.4 Å². The number of nitrogens with zero attached hydrogens (tertiary/aromatic N) is 1. The minimum absolute atomic E-state index is 0. The average Bonchev–Trinajstić information content (AvgIpc) is 3.00. The van der Waals surface area contributed by atoms with Crippen LogP contribution in [0.1, 0.15) is 5.56 Å². The molecule has 0 atom stereocenters. The highest BCUT2D eigenvalue weighted by molar-refractivity contribution is 7.90. The zero-order valence-electron chi connectivity index (χ0n) is 14.0. The van der Waals surface area contributed by atoms with Crippen LogP contribution in [-0.4, -0.2) is 19.4 Å². The topological polar surface area (TPSA) is 77.1 Å². The summed E-state index contributed by atoms with van der Waals surface area (Å²) in [5, 5.41) is 2.97. The Balaban J connectivity index is 0.00000243. The van der Waals surface area contributed by atoms with Crippen molar-refractivity contribution in [2.45, 2.75) is 11.4 Å². The fraction of sp³-hybridized carbons (Fsp3) is 0.111. The molecule has 0 aliphatic carbocycles. The summed E-state index contributed by atoms with van der Waals surface area (Å²) in [5.74, 6) is -0.486. The van der Waals surface area contributed by atoms with Crippen molar-refractivity contribution in [1.29, 1.82) is 0 Å². The maximum Gasteiger partial charge on any atom is 0.268 e. The lowest BCUT2D eigenvalue weighted by Crippen LogP contribution is -2.14. The molecule has 0 saturated carbocycles. The van der Waals surface area contributed by atoms with Gasteiger partial charge in [0.2, 0.25) is 0 Å². The van der Waals surface area contributed by atoms with Gasteiger partial charge in [0.1, 0.15) is 5.82 Å². The van der Waals surface area contributed by atoms with E-state index in [1.54, 1.807) is 43.4 Å². The molecule has 3 N–H and O–H groups in total. The number of nitrogens with two attached hydrogens (primary N) is 1. The molecule has 0 radical (unpaired) electrons. The summed E-state index contributed by atoms with van der Waals surface area (Å²) in [6.45, 7) is 0.459. The smallest absolute Gasteiger partial charge is 0.268 e. The molecule has 0 spiro atoms. The summed E-state index contributed by atoms with van der Waals surface area (Å²) in [6.07, 6.45) is 1.50. The lowest BCUT2D eigenvalue weighted by atomic mass is 10.1. The van der Waals surface area contributed by atoms with Gasteiger partial charge in [-0.25, -0.2) is 16.8 Å². The molecule has 1 heterocycles. The van der Waals surface area contributed by atoms with Gasteiger partial charge in [0.15, 0.2) is 0 Å². The third kappa shape index (κ3) is 3.75. The van der Waals surface area contributed by atoms with E-state index in [0.29, 0.717) is 12.2 Å². The summed E-state index contributed by atoms with van der Waals surface area (Å²) in [4.78, 5) is 0.0525. The first-order valence-corrected chi connectivity index (χ1v) is 9.09. The van der Waals surface area contributed by atoms with Crippen LogP contribution in [0.3, 0.4) is 0 Å². The lowest BCUT2D eigenvalue weighted by molar-refractivity contribution is 0.587. The molecule has 8 heteroatoms. The number of nitrogen functional groups attached to an aromatic ring is 1. The highest BCUT2D eigenvalue weighted by Gasteiger charge is 2.23. The Morgan fingerprint density at radius 3 is 2.50 bits per heavy atom. The van der Waals surface area contributed by atoms with Gasteiger partial charge in [-0.15, -0.1) is 12.4 Å². The molecule has 26 heavy (non-hydrogen) atoms. The van der Waals surface area contributed by atoms with Gasteiger partial charge in [0, 0.05) is 24.0 Å². The molecular weight excluding hydrogens is 377 g/mol. The predicted octanol–water partition coefficient (Wildman–Crippen LogP) is 3.25. The second kappa shape index (κ2) is 7.90. The van der Waals surface area contributed by atoms with Crippen molar-refractivity contribution < 1.29 is 12.8 Å². The number of benzene rings is 2. The van der Waals surface area contributed by atoms with E-state index >= 15 is 0 Å². The first kappa shape index (κ1) is 20.0. The Kier molecular flexibility index (Phi) is 6.07. The molecule has 0 fully saturated rings. The molecule has 5 nitrogen and oxygen atoms in total. The standard InChI is InChI=1S/C18H18FN3O2S.ClH/c1-21-11-13-9-18(16-7-2-3-8-17(16)19)22(12-13)25(23,24)15-6-4-5-14(20)10-15;/h2-10,12,21H,11,20H2,1H3;1H.